The van der Waals surface area contributed by atoms with Gasteiger partial charge in [0.25, 0.3) is 10.2 Å². The van der Waals surface area contributed by atoms with Crippen molar-refractivity contribution in [3.8, 4) is 0 Å². The Bertz CT molecular complexity index is 530. The summed E-state index contributed by atoms with van der Waals surface area (Å²) in [7, 11) is -0.462. The number of hydrogen-bond donors (Lipinski definition) is 1. The van der Waals surface area contributed by atoms with Crippen molar-refractivity contribution < 1.29 is 13.2 Å². The van der Waals surface area contributed by atoms with Gasteiger partial charge in [0.1, 0.15) is 0 Å². The van der Waals surface area contributed by atoms with E-state index in [4.69, 9.17) is 16.3 Å². The van der Waals surface area contributed by atoms with E-state index in [9.17, 15) is 8.42 Å². The molecular formula is C12H17ClN2O3S. The first-order valence-corrected chi connectivity index (χ1v) is 7.79. The lowest BCUT2D eigenvalue weighted by atomic mass is 10.0. The van der Waals surface area contributed by atoms with Crippen molar-refractivity contribution in [2.75, 3.05) is 20.7 Å². The van der Waals surface area contributed by atoms with Gasteiger partial charge >= 0.3 is 0 Å². The summed E-state index contributed by atoms with van der Waals surface area (Å²) < 4.78 is 33.2. The monoisotopic (exact) mass is 304 g/mol. The summed E-state index contributed by atoms with van der Waals surface area (Å²) in [5, 5.41) is 0.646. The molecular weight excluding hydrogens is 288 g/mol. The van der Waals surface area contributed by atoms with Crippen LogP contribution in [0, 0.1) is 0 Å². The van der Waals surface area contributed by atoms with Crippen molar-refractivity contribution in [1.29, 1.82) is 0 Å². The first-order valence-electron chi connectivity index (χ1n) is 5.97. The van der Waals surface area contributed by atoms with Gasteiger partial charge in [0.05, 0.1) is 12.1 Å². The molecule has 106 valence electrons. The van der Waals surface area contributed by atoms with Crippen LogP contribution in [0.2, 0.25) is 5.02 Å². The predicted octanol–water partition coefficient (Wildman–Crippen LogP) is 1.57. The van der Waals surface area contributed by atoms with Crippen LogP contribution in [0.15, 0.2) is 24.3 Å². The van der Waals surface area contributed by atoms with Crippen LogP contribution < -0.4 is 4.72 Å². The van der Waals surface area contributed by atoms with Gasteiger partial charge in [-0.05, 0) is 24.1 Å². The molecule has 0 spiro atoms. The second kappa shape index (κ2) is 5.76. The number of benzene rings is 1. The molecule has 1 heterocycles. The Labute approximate surface area is 118 Å². The van der Waals surface area contributed by atoms with Crippen molar-refractivity contribution in [3.63, 3.8) is 0 Å². The van der Waals surface area contributed by atoms with E-state index in [1.54, 1.807) is 12.1 Å². The highest BCUT2D eigenvalue weighted by Crippen LogP contribution is 2.30. The summed E-state index contributed by atoms with van der Waals surface area (Å²) in [6.07, 6.45) is 0.382. The Morgan fingerprint density at radius 2 is 1.95 bits per heavy atom. The van der Waals surface area contributed by atoms with Gasteiger partial charge in [0.2, 0.25) is 0 Å². The Morgan fingerprint density at radius 3 is 2.53 bits per heavy atom. The van der Waals surface area contributed by atoms with Gasteiger partial charge in [-0.2, -0.15) is 17.4 Å². The van der Waals surface area contributed by atoms with Gasteiger partial charge in [-0.3, -0.25) is 0 Å². The maximum atomic E-state index is 11.9. The minimum Gasteiger partial charge on any atom is -0.372 e. The predicted molar refractivity (Wildman–Crippen MR) is 74.3 cm³/mol. The Balaban J connectivity index is 2.15. The molecule has 1 aliphatic rings. The van der Waals surface area contributed by atoms with Crippen molar-refractivity contribution >= 4 is 21.8 Å². The molecule has 0 saturated carbocycles. The van der Waals surface area contributed by atoms with Crippen molar-refractivity contribution in [3.05, 3.63) is 34.9 Å². The van der Waals surface area contributed by atoms with E-state index < -0.39 is 10.2 Å². The van der Waals surface area contributed by atoms with E-state index in [0.29, 0.717) is 18.1 Å². The fourth-order valence-electron chi connectivity index (χ4n) is 1.99. The Hall–Kier alpha value is -0.660. The van der Waals surface area contributed by atoms with Crippen molar-refractivity contribution in [1.82, 2.24) is 9.03 Å². The molecule has 0 radical (unpaired) electrons. The van der Waals surface area contributed by atoms with Crippen LogP contribution in [0.1, 0.15) is 18.1 Å². The number of rotatable bonds is 4. The summed E-state index contributed by atoms with van der Waals surface area (Å²) in [4.78, 5) is 0. The van der Waals surface area contributed by atoms with Crippen molar-refractivity contribution in [2.45, 2.75) is 18.6 Å². The third-order valence-corrected chi connectivity index (χ3v) is 4.89. The first kappa shape index (κ1) is 14.7. The molecule has 0 aliphatic carbocycles. The third kappa shape index (κ3) is 3.46. The lowest BCUT2D eigenvalue weighted by molar-refractivity contribution is 0.102. The fraction of sp³-hybridized carbons (Fsp3) is 0.500. The molecule has 0 aromatic heterocycles. The van der Waals surface area contributed by atoms with Gasteiger partial charge < -0.3 is 4.74 Å². The summed E-state index contributed by atoms with van der Waals surface area (Å²) in [5.41, 5.74) is 0.924. The van der Waals surface area contributed by atoms with Crippen molar-refractivity contribution in [2.24, 2.45) is 0 Å². The highest BCUT2D eigenvalue weighted by Gasteiger charge is 2.33. The maximum Gasteiger partial charge on any atom is 0.279 e. The Kier molecular flexibility index (Phi) is 4.47. The van der Waals surface area contributed by atoms with Crippen LogP contribution >= 0.6 is 11.6 Å². The van der Waals surface area contributed by atoms with Crippen LogP contribution in [0.3, 0.4) is 0 Å². The lowest BCUT2D eigenvalue weighted by Crippen LogP contribution is -2.43. The largest absolute Gasteiger partial charge is 0.372 e. The number of halogens is 1. The molecule has 1 saturated heterocycles. The number of nitrogens with one attached hydrogen (secondary N) is 1. The molecule has 1 aliphatic heterocycles. The smallest absolute Gasteiger partial charge is 0.279 e. The molecule has 1 fully saturated rings. The van der Waals surface area contributed by atoms with Crippen LogP contribution in [0.5, 0.6) is 0 Å². The number of hydrogen-bond acceptors (Lipinski definition) is 3. The van der Waals surface area contributed by atoms with Gasteiger partial charge in [-0.15, -0.1) is 0 Å². The fourth-order valence-corrected chi connectivity index (χ4v) is 2.95. The molecule has 2 rings (SSSR count). The zero-order valence-corrected chi connectivity index (χ0v) is 12.4. The van der Waals surface area contributed by atoms with E-state index in [1.165, 1.54) is 14.1 Å². The normalized spacial score (nSPS) is 24.0. The minimum atomic E-state index is -3.45. The highest BCUT2D eigenvalue weighted by molar-refractivity contribution is 7.87. The second-order valence-corrected chi connectivity index (χ2v) is 7.00. The van der Waals surface area contributed by atoms with E-state index in [2.05, 4.69) is 4.72 Å². The molecule has 19 heavy (non-hydrogen) atoms. The van der Waals surface area contributed by atoms with Gasteiger partial charge in [-0.1, -0.05) is 23.7 Å². The molecule has 7 heteroatoms. The van der Waals surface area contributed by atoms with Crippen LogP contribution in [0.25, 0.3) is 0 Å². The quantitative estimate of drug-likeness (QED) is 0.918. The van der Waals surface area contributed by atoms with E-state index in [1.807, 2.05) is 12.1 Å². The standard InChI is InChI=1S/C12H17ClN2O3S/c1-15(2)19(16,17)14-11-7-8-18-12(11)9-3-5-10(13)6-4-9/h3-6,11-12,14H,7-8H2,1-2H3/t11-,12+/m1/s1. The summed E-state index contributed by atoms with van der Waals surface area (Å²) in [6, 6.07) is 7.00. The SMILES string of the molecule is CN(C)S(=O)(=O)N[C@@H]1CCO[C@H]1c1ccc(Cl)cc1. The minimum absolute atomic E-state index is 0.256. The first-order chi connectivity index (χ1) is 8.90. The van der Waals surface area contributed by atoms with E-state index in [0.717, 1.165) is 9.87 Å². The molecule has 1 aromatic carbocycles. The lowest BCUT2D eigenvalue weighted by Gasteiger charge is -2.22. The maximum absolute atomic E-state index is 11.9. The highest BCUT2D eigenvalue weighted by atomic mass is 35.5. The van der Waals surface area contributed by atoms with E-state index >= 15 is 0 Å². The zero-order chi connectivity index (χ0) is 14.0. The number of nitrogens with zero attached hydrogens (tertiary/aromatic N) is 1. The average molecular weight is 305 g/mol. The molecule has 0 amide bonds. The van der Waals surface area contributed by atoms with E-state index in [-0.39, 0.29) is 12.1 Å². The Morgan fingerprint density at radius 1 is 1.32 bits per heavy atom. The van der Waals surface area contributed by atoms with Gasteiger partial charge in [-0.25, -0.2) is 0 Å². The topological polar surface area (TPSA) is 58.6 Å². The average Bonchev–Trinajstić information content (AvgIpc) is 2.77. The van der Waals surface area contributed by atoms with Crippen LogP contribution in [-0.4, -0.2) is 39.5 Å². The molecule has 0 unspecified atom stereocenters. The molecule has 0 bridgehead atoms. The molecule has 1 N–H and O–H groups in total. The van der Waals surface area contributed by atoms with Gasteiger partial charge in [0, 0.05) is 25.7 Å². The molecule has 2 atom stereocenters. The summed E-state index contributed by atoms with van der Waals surface area (Å²) in [5.74, 6) is 0. The summed E-state index contributed by atoms with van der Waals surface area (Å²) in [6.45, 7) is 0.536. The number of ether oxygens (including phenoxy) is 1. The van der Waals surface area contributed by atoms with Crippen LogP contribution in [0.4, 0.5) is 0 Å². The van der Waals surface area contributed by atoms with Gasteiger partial charge in [0.15, 0.2) is 0 Å². The molecule has 5 nitrogen and oxygen atoms in total. The second-order valence-electron chi connectivity index (χ2n) is 4.64. The zero-order valence-electron chi connectivity index (χ0n) is 10.8. The van der Waals surface area contributed by atoms with Crippen LogP contribution in [-0.2, 0) is 14.9 Å². The molecule has 1 aromatic rings. The summed E-state index contributed by atoms with van der Waals surface area (Å²) >= 11 is 5.84. The third-order valence-electron chi connectivity index (χ3n) is 3.07.